The minimum atomic E-state index is -3.65. The van der Waals surface area contributed by atoms with Crippen molar-refractivity contribution in [3.63, 3.8) is 0 Å². The van der Waals surface area contributed by atoms with Gasteiger partial charge in [0, 0.05) is 24.3 Å². The van der Waals surface area contributed by atoms with Crippen molar-refractivity contribution in [3.8, 4) is 5.75 Å². The van der Waals surface area contributed by atoms with Gasteiger partial charge in [0.1, 0.15) is 5.75 Å². The highest BCUT2D eigenvalue weighted by Crippen LogP contribution is 2.29. The zero-order valence-corrected chi connectivity index (χ0v) is 20.5. The second kappa shape index (κ2) is 10.1. The van der Waals surface area contributed by atoms with Crippen LogP contribution >= 0.6 is 0 Å². The van der Waals surface area contributed by atoms with Crippen LogP contribution in [0, 0.1) is 0 Å². The van der Waals surface area contributed by atoms with Gasteiger partial charge in [0.05, 0.1) is 23.9 Å². The molecule has 180 valence electrons. The van der Waals surface area contributed by atoms with E-state index in [2.05, 4.69) is 10.0 Å². The Labute approximate surface area is 195 Å². The molecule has 0 aliphatic heterocycles. The first-order chi connectivity index (χ1) is 15.5. The molecule has 11 heteroatoms. The van der Waals surface area contributed by atoms with E-state index in [-0.39, 0.29) is 22.2 Å². The van der Waals surface area contributed by atoms with E-state index in [1.54, 1.807) is 13.1 Å². The molecule has 1 aliphatic carbocycles. The van der Waals surface area contributed by atoms with Gasteiger partial charge in [-0.3, -0.25) is 9.52 Å². The second-order valence-corrected chi connectivity index (χ2v) is 11.8. The Kier molecular flexibility index (Phi) is 7.65. The summed E-state index contributed by atoms with van der Waals surface area (Å²) in [7, 11) is -4.18. The van der Waals surface area contributed by atoms with Crippen LogP contribution in [-0.4, -0.2) is 53.5 Å². The highest BCUT2D eigenvalue weighted by atomic mass is 32.2. The molecular weight excluding hydrogens is 466 g/mol. The number of sulfonamides is 2. The number of ether oxygens (including phenoxy) is 1. The van der Waals surface area contributed by atoms with Crippen molar-refractivity contribution in [2.45, 2.75) is 43.0 Å². The van der Waals surface area contributed by atoms with Gasteiger partial charge in [0.2, 0.25) is 20.0 Å². The average Bonchev–Trinajstić information content (AvgIpc) is 2.78. The molecule has 2 aromatic rings. The third-order valence-corrected chi connectivity index (χ3v) is 8.15. The molecule has 0 saturated heterocycles. The monoisotopic (exact) mass is 495 g/mol. The average molecular weight is 496 g/mol. The molecule has 0 unspecified atom stereocenters. The van der Waals surface area contributed by atoms with Crippen LogP contribution in [0.4, 0.5) is 11.4 Å². The van der Waals surface area contributed by atoms with Crippen LogP contribution in [0.1, 0.15) is 42.5 Å². The summed E-state index contributed by atoms with van der Waals surface area (Å²) in [6, 6.07) is 10.3. The lowest BCUT2D eigenvalue weighted by molar-refractivity contribution is 0.102. The number of hydrogen-bond acceptors (Lipinski definition) is 6. The number of carbonyl (C=O) groups is 1. The topological polar surface area (TPSA) is 122 Å². The van der Waals surface area contributed by atoms with Crippen molar-refractivity contribution in [1.29, 1.82) is 0 Å². The van der Waals surface area contributed by atoms with Crippen molar-refractivity contribution in [3.05, 3.63) is 48.0 Å². The number of carbonyl (C=O) groups excluding carboxylic acids is 1. The number of hydrogen-bond donors (Lipinski definition) is 2. The van der Waals surface area contributed by atoms with E-state index in [9.17, 15) is 21.6 Å². The minimum Gasteiger partial charge on any atom is -0.495 e. The van der Waals surface area contributed by atoms with Gasteiger partial charge in [-0.25, -0.2) is 16.8 Å². The molecule has 9 nitrogen and oxygen atoms in total. The van der Waals surface area contributed by atoms with Crippen LogP contribution in [0.3, 0.4) is 0 Å². The summed E-state index contributed by atoms with van der Waals surface area (Å²) in [5, 5.41) is 2.68. The molecule has 0 aromatic heterocycles. The Balaban J connectivity index is 1.75. The second-order valence-electron chi connectivity index (χ2n) is 8.08. The van der Waals surface area contributed by atoms with Gasteiger partial charge in [0.25, 0.3) is 5.91 Å². The lowest BCUT2D eigenvalue weighted by atomic mass is 9.96. The molecule has 1 saturated carbocycles. The third-order valence-electron chi connectivity index (χ3n) is 5.64. The molecule has 2 aromatic carbocycles. The number of nitrogens with zero attached hydrogens (tertiary/aromatic N) is 1. The van der Waals surface area contributed by atoms with Crippen LogP contribution in [0.5, 0.6) is 5.75 Å². The predicted molar refractivity (Wildman–Crippen MR) is 128 cm³/mol. The molecule has 1 fully saturated rings. The third kappa shape index (κ3) is 6.24. The molecule has 0 bridgehead atoms. The quantitative estimate of drug-likeness (QED) is 0.580. The van der Waals surface area contributed by atoms with Crippen LogP contribution in [0.2, 0.25) is 0 Å². The van der Waals surface area contributed by atoms with Gasteiger partial charge in [-0.2, -0.15) is 4.31 Å². The summed E-state index contributed by atoms with van der Waals surface area (Å²) in [6.07, 6.45) is 5.91. The van der Waals surface area contributed by atoms with Gasteiger partial charge in [-0.1, -0.05) is 19.3 Å². The first-order valence-electron chi connectivity index (χ1n) is 10.6. The van der Waals surface area contributed by atoms with Crippen LogP contribution < -0.4 is 14.8 Å². The van der Waals surface area contributed by atoms with Crippen LogP contribution in [0.25, 0.3) is 0 Å². The summed E-state index contributed by atoms with van der Waals surface area (Å²) >= 11 is 0. The Bertz CT molecular complexity index is 1210. The summed E-state index contributed by atoms with van der Waals surface area (Å²) in [4.78, 5) is 12.8. The van der Waals surface area contributed by atoms with E-state index in [0.29, 0.717) is 11.4 Å². The van der Waals surface area contributed by atoms with Crippen molar-refractivity contribution >= 4 is 37.3 Å². The van der Waals surface area contributed by atoms with Gasteiger partial charge in [-0.15, -0.1) is 0 Å². The summed E-state index contributed by atoms with van der Waals surface area (Å²) in [5.74, 6) is -0.162. The van der Waals surface area contributed by atoms with Gasteiger partial charge in [0.15, 0.2) is 0 Å². The molecular formula is C22H29N3O6S2. The zero-order valence-electron chi connectivity index (χ0n) is 18.9. The maximum Gasteiger partial charge on any atom is 0.255 e. The first kappa shape index (κ1) is 25.0. The van der Waals surface area contributed by atoms with E-state index in [0.717, 1.165) is 38.4 Å². The number of anilines is 2. The molecule has 2 N–H and O–H groups in total. The number of benzene rings is 2. The molecule has 0 spiro atoms. The SMILES string of the molecule is COc1ccc(NC(=O)c2ccc(S(=O)(=O)N(C)C3CCCCC3)cc2)cc1NS(C)(=O)=O. The Hall–Kier alpha value is -2.63. The molecule has 0 radical (unpaired) electrons. The molecule has 1 amide bonds. The number of rotatable bonds is 8. The van der Waals surface area contributed by atoms with Crippen molar-refractivity contribution in [2.24, 2.45) is 0 Å². The highest BCUT2D eigenvalue weighted by molar-refractivity contribution is 7.92. The standard InChI is InChI=1S/C22H29N3O6S2/c1-25(18-7-5-4-6-8-18)33(29,30)19-12-9-16(10-13-19)22(26)23-17-11-14-21(31-2)20(15-17)24-32(3,27)28/h9-15,18,24H,4-8H2,1-3H3,(H,23,26). The maximum absolute atomic E-state index is 13.0. The fourth-order valence-corrected chi connectivity index (χ4v) is 5.83. The van der Waals surface area contributed by atoms with E-state index in [4.69, 9.17) is 4.74 Å². The molecule has 33 heavy (non-hydrogen) atoms. The maximum atomic E-state index is 13.0. The van der Waals surface area contributed by atoms with Gasteiger partial charge < -0.3 is 10.1 Å². The Morgan fingerprint density at radius 3 is 2.21 bits per heavy atom. The van der Waals surface area contributed by atoms with E-state index in [1.807, 2.05) is 0 Å². The largest absolute Gasteiger partial charge is 0.495 e. The fraction of sp³-hybridized carbons (Fsp3) is 0.409. The summed E-state index contributed by atoms with van der Waals surface area (Å²) in [6.45, 7) is 0. The summed E-state index contributed by atoms with van der Waals surface area (Å²) in [5.41, 5.74) is 0.799. The lowest BCUT2D eigenvalue weighted by Crippen LogP contribution is -2.38. The van der Waals surface area contributed by atoms with Gasteiger partial charge in [-0.05, 0) is 55.3 Å². The number of nitrogens with one attached hydrogen (secondary N) is 2. The zero-order chi connectivity index (χ0) is 24.2. The normalized spacial score (nSPS) is 15.3. The minimum absolute atomic E-state index is 0.00321. The Morgan fingerprint density at radius 2 is 1.64 bits per heavy atom. The van der Waals surface area contributed by atoms with E-state index < -0.39 is 26.0 Å². The molecule has 1 aliphatic rings. The number of methoxy groups -OCH3 is 1. The molecule has 3 rings (SSSR count). The van der Waals surface area contributed by atoms with Crippen molar-refractivity contribution in [1.82, 2.24) is 4.31 Å². The van der Waals surface area contributed by atoms with Crippen molar-refractivity contribution in [2.75, 3.05) is 30.5 Å². The predicted octanol–water partition coefficient (Wildman–Crippen LogP) is 3.27. The van der Waals surface area contributed by atoms with E-state index >= 15 is 0 Å². The van der Waals surface area contributed by atoms with Gasteiger partial charge >= 0.3 is 0 Å². The van der Waals surface area contributed by atoms with E-state index in [1.165, 1.54) is 47.8 Å². The van der Waals surface area contributed by atoms with Crippen LogP contribution in [0.15, 0.2) is 47.4 Å². The fourth-order valence-electron chi connectivity index (χ4n) is 3.85. The summed E-state index contributed by atoms with van der Waals surface area (Å²) < 4.78 is 58.0. The number of amides is 1. The molecule has 0 heterocycles. The van der Waals surface area contributed by atoms with Crippen LogP contribution in [-0.2, 0) is 20.0 Å². The molecule has 0 atom stereocenters. The highest BCUT2D eigenvalue weighted by Gasteiger charge is 2.29. The van der Waals surface area contributed by atoms with Crippen molar-refractivity contribution < 1.29 is 26.4 Å². The first-order valence-corrected chi connectivity index (χ1v) is 13.9. The lowest BCUT2D eigenvalue weighted by Gasteiger charge is -2.30. The Morgan fingerprint density at radius 1 is 1.00 bits per heavy atom. The smallest absolute Gasteiger partial charge is 0.255 e.